The quantitative estimate of drug-likeness (QED) is 0.600. The fourth-order valence-electron chi connectivity index (χ4n) is 3.44. The fourth-order valence-corrected chi connectivity index (χ4v) is 3.44. The molecular formula is C20H18O7. The molecule has 0 spiro atoms. The monoisotopic (exact) mass is 370 g/mol. The van der Waals surface area contributed by atoms with Gasteiger partial charge in [0, 0.05) is 29.7 Å². The van der Waals surface area contributed by atoms with Gasteiger partial charge in [-0.15, -0.1) is 0 Å². The van der Waals surface area contributed by atoms with Crippen molar-refractivity contribution in [2.45, 2.75) is 31.7 Å². The maximum Gasteiger partial charge on any atom is 0.202 e. The summed E-state index contributed by atoms with van der Waals surface area (Å²) >= 11 is 0. The molecular weight excluding hydrogens is 352 g/mol. The second-order valence-electron chi connectivity index (χ2n) is 6.82. The number of hydrogen-bond donors (Lipinski definition) is 4. The zero-order valence-electron chi connectivity index (χ0n) is 14.5. The van der Waals surface area contributed by atoms with Gasteiger partial charge in [-0.3, -0.25) is 4.79 Å². The fraction of sp³-hybridized carbons (Fsp3) is 0.250. The second-order valence-corrected chi connectivity index (χ2v) is 6.82. The normalized spacial score (nSPS) is 23.2. The molecule has 140 valence electrons. The van der Waals surface area contributed by atoms with Gasteiger partial charge in [0.15, 0.2) is 12.2 Å². The molecule has 7 heteroatoms. The van der Waals surface area contributed by atoms with Crippen molar-refractivity contribution in [1.82, 2.24) is 0 Å². The van der Waals surface area contributed by atoms with Gasteiger partial charge in [-0.2, -0.15) is 0 Å². The number of aliphatic hydroxyl groups excluding tert-OH is 1. The standard InChI is InChI=1S/C20H18O7/c1-8(2)13-6-11-14(26-13)7-15-16(17(11)23)18(24)19(25)20(27-15)10-4-3-9(21)5-12(10)22/h3-5,7,13,19-23,25H,1,6H2,2H3/t13-,19+,20+/m1/s1. The molecule has 4 rings (SSSR count). The number of rotatable bonds is 2. The zero-order chi connectivity index (χ0) is 19.5. The Bertz CT molecular complexity index is 979. The number of carbonyl (C=O) groups is 1. The van der Waals surface area contributed by atoms with E-state index in [1.807, 2.05) is 6.92 Å². The minimum absolute atomic E-state index is 0.0568. The Kier molecular flexibility index (Phi) is 3.78. The first-order valence-electron chi connectivity index (χ1n) is 8.39. The Morgan fingerprint density at radius 1 is 1.15 bits per heavy atom. The van der Waals surface area contributed by atoms with Crippen molar-refractivity contribution >= 4 is 5.78 Å². The molecule has 0 fully saturated rings. The number of phenolic OH excluding ortho intramolecular Hbond substituents is 3. The number of fused-ring (bicyclic) bond motifs is 2. The summed E-state index contributed by atoms with van der Waals surface area (Å²) in [6.07, 6.45) is -2.76. The molecule has 0 aliphatic carbocycles. The van der Waals surface area contributed by atoms with Crippen LogP contribution < -0.4 is 9.47 Å². The van der Waals surface area contributed by atoms with Crippen molar-refractivity contribution in [3.8, 4) is 28.7 Å². The Morgan fingerprint density at radius 3 is 2.56 bits per heavy atom. The van der Waals surface area contributed by atoms with Crippen molar-refractivity contribution in [3.63, 3.8) is 0 Å². The van der Waals surface area contributed by atoms with Crippen LogP contribution in [0.2, 0.25) is 0 Å². The van der Waals surface area contributed by atoms with Crippen molar-refractivity contribution < 1.29 is 34.7 Å². The largest absolute Gasteiger partial charge is 0.508 e. The molecule has 0 bridgehead atoms. The third kappa shape index (κ3) is 2.59. The minimum atomic E-state index is -1.63. The van der Waals surface area contributed by atoms with Gasteiger partial charge in [0.1, 0.15) is 40.4 Å². The van der Waals surface area contributed by atoms with Crippen LogP contribution in [-0.4, -0.2) is 38.4 Å². The molecule has 4 N–H and O–H groups in total. The number of aliphatic hydroxyl groups is 1. The van der Waals surface area contributed by atoms with E-state index in [2.05, 4.69) is 6.58 Å². The SMILES string of the molecule is C=C(C)[C@H]1Cc2c(cc3c(c2O)C(=O)[C@H](O)[C@H](c2ccc(O)cc2O)O3)O1. The van der Waals surface area contributed by atoms with Crippen LogP contribution in [0, 0.1) is 0 Å². The molecule has 0 unspecified atom stereocenters. The van der Waals surface area contributed by atoms with Gasteiger partial charge >= 0.3 is 0 Å². The van der Waals surface area contributed by atoms with Crippen LogP contribution in [0.25, 0.3) is 0 Å². The summed E-state index contributed by atoms with van der Waals surface area (Å²) in [5, 5.41) is 40.5. The molecule has 7 nitrogen and oxygen atoms in total. The maximum atomic E-state index is 12.7. The molecule has 2 aromatic rings. The Balaban J connectivity index is 1.79. The summed E-state index contributed by atoms with van der Waals surface area (Å²) in [4.78, 5) is 12.7. The lowest BCUT2D eigenvalue weighted by molar-refractivity contribution is 0.0203. The summed E-state index contributed by atoms with van der Waals surface area (Å²) in [5.41, 5.74) is 1.28. The number of phenols is 3. The average Bonchev–Trinajstić information content (AvgIpc) is 3.03. The predicted molar refractivity (Wildman–Crippen MR) is 94.5 cm³/mol. The third-order valence-electron chi connectivity index (χ3n) is 4.91. The molecule has 0 saturated heterocycles. The molecule has 0 radical (unpaired) electrons. The number of ketones is 1. The van der Waals surface area contributed by atoms with Crippen LogP contribution in [-0.2, 0) is 6.42 Å². The first kappa shape index (κ1) is 17.2. The van der Waals surface area contributed by atoms with E-state index in [0.29, 0.717) is 17.7 Å². The van der Waals surface area contributed by atoms with Gasteiger partial charge in [-0.25, -0.2) is 0 Å². The van der Waals surface area contributed by atoms with E-state index in [0.717, 1.165) is 11.6 Å². The third-order valence-corrected chi connectivity index (χ3v) is 4.91. The molecule has 2 aliphatic heterocycles. The highest BCUT2D eigenvalue weighted by Crippen LogP contribution is 2.48. The number of carbonyl (C=O) groups excluding carboxylic acids is 1. The summed E-state index contributed by atoms with van der Waals surface area (Å²) in [6, 6.07) is 5.26. The van der Waals surface area contributed by atoms with Gasteiger partial charge in [0.2, 0.25) is 5.78 Å². The Morgan fingerprint density at radius 2 is 1.89 bits per heavy atom. The molecule has 0 saturated carbocycles. The van der Waals surface area contributed by atoms with Crippen molar-refractivity contribution in [2.75, 3.05) is 0 Å². The second kappa shape index (κ2) is 5.92. The van der Waals surface area contributed by atoms with E-state index in [1.165, 1.54) is 18.2 Å². The number of hydrogen-bond acceptors (Lipinski definition) is 7. The molecule has 0 amide bonds. The number of ether oxygens (including phenoxy) is 2. The van der Waals surface area contributed by atoms with Crippen LogP contribution in [0.1, 0.15) is 34.5 Å². The van der Waals surface area contributed by atoms with Gasteiger partial charge in [0.05, 0.1) is 0 Å². The smallest absolute Gasteiger partial charge is 0.202 e. The Hall–Kier alpha value is -3.19. The van der Waals surface area contributed by atoms with Crippen LogP contribution >= 0.6 is 0 Å². The number of benzene rings is 2. The van der Waals surface area contributed by atoms with Crippen molar-refractivity contribution in [1.29, 1.82) is 0 Å². The number of Topliss-reactive ketones (excluding diaryl/α,β-unsaturated/α-hetero) is 1. The van der Waals surface area contributed by atoms with E-state index in [9.17, 15) is 25.2 Å². The summed E-state index contributed by atoms with van der Waals surface area (Å²) < 4.78 is 11.5. The molecule has 2 heterocycles. The lowest BCUT2D eigenvalue weighted by atomic mass is 9.90. The molecule has 0 aromatic heterocycles. The van der Waals surface area contributed by atoms with Gasteiger partial charge in [-0.1, -0.05) is 6.58 Å². The van der Waals surface area contributed by atoms with Gasteiger partial charge < -0.3 is 29.9 Å². The van der Waals surface area contributed by atoms with Crippen molar-refractivity contribution in [3.05, 3.63) is 53.1 Å². The highest BCUT2D eigenvalue weighted by atomic mass is 16.5. The zero-order valence-corrected chi connectivity index (χ0v) is 14.5. The van der Waals surface area contributed by atoms with Gasteiger partial charge in [-0.05, 0) is 24.6 Å². The lowest BCUT2D eigenvalue weighted by Gasteiger charge is -2.30. The van der Waals surface area contributed by atoms with Crippen LogP contribution in [0.5, 0.6) is 28.7 Å². The first-order valence-corrected chi connectivity index (χ1v) is 8.39. The highest BCUT2D eigenvalue weighted by molar-refractivity contribution is 6.06. The molecule has 27 heavy (non-hydrogen) atoms. The van der Waals surface area contributed by atoms with E-state index in [-0.39, 0.29) is 40.2 Å². The topological polar surface area (TPSA) is 116 Å². The predicted octanol–water partition coefficient (Wildman–Crippen LogP) is 2.36. The van der Waals surface area contributed by atoms with Crippen LogP contribution in [0.4, 0.5) is 0 Å². The van der Waals surface area contributed by atoms with E-state index in [1.54, 1.807) is 0 Å². The first-order chi connectivity index (χ1) is 12.8. The highest BCUT2D eigenvalue weighted by Gasteiger charge is 2.42. The van der Waals surface area contributed by atoms with Gasteiger partial charge in [0.25, 0.3) is 0 Å². The lowest BCUT2D eigenvalue weighted by Crippen LogP contribution is -2.36. The molecule has 3 atom stereocenters. The Labute approximate surface area is 154 Å². The molecule has 2 aromatic carbocycles. The van der Waals surface area contributed by atoms with Crippen LogP contribution in [0.15, 0.2) is 36.4 Å². The summed E-state index contributed by atoms with van der Waals surface area (Å²) in [6.45, 7) is 5.66. The van der Waals surface area contributed by atoms with Crippen molar-refractivity contribution in [2.24, 2.45) is 0 Å². The summed E-state index contributed by atoms with van der Waals surface area (Å²) in [5.74, 6) is -1.03. The average molecular weight is 370 g/mol. The minimum Gasteiger partial charge on any atom is -0.508 e. The van der Waals surface area contributed by atoms with E-state index < -0.39 is 18.0 Å². The summed E-state index contributed by atoms with van der Waals surface area (Å²) in [7, 11) is 0. The van der Waals surface area contributed by atoms with E-state index in [4.69, 9.17) is 9.47 Å². The number of aromatic hydroxyl groups is 3. The maximum absolute atomic E-state index is 12.7. The van der Waals surface area contributed by atoms with E-state index >= 15 is 0 Å². The molecule has 2 aliphatic rings. The van der Waals surface area contributed by atoms with Crippen LogP contribution in [0.3, 0.4) is 0 Å².